The number of fused-ring (bicyclic) bond motifs is 1. The van der Waals surface area contributed by atoms with Gasteiger partial charge in [-0.1, -0.05) is 30.3 Å². The Kier molecular flexibility index (Phi) is 4.48. The Balaban J connectivity index is 1.90. The third-order valence-corrected chi connectivity index (χ3v) is 3.68. The number of carbonyl (C=O) groups is 1. The lowest BCUT2D eigenvalue weighted by atomic mass is 10.1. The summed E-state index contributed by atoms with van der Waals surface area (Å²) in [5, 5.41) is 13.4. The minimum absolute atomic E-state index is 0.275. The van der Waals surface area contributed by atoms with Crippen LogP contribution in [0.25, 0.3) is 11.0 Å². The number of rotatable bonds is 5. The first-order valence-electron chi connectivity index (χ1n) is 7.65. The lowest BCUT2D eigenvalue weighted by Gasteiger charge is -2.11. The number of ether oxygens (including phenoxy) is 1. The second kappa shape index (κ2) is 6.88. The number of nitrogens with zero attached hydrogens (tertiary/aromatic N) is 1. The number of benzene rings is 2. The summed E-state index contributed by atoms with van der Waals surface area (Å²) in [5.74, 6) is -0.101. The van der Waals surface area contributed by atoms with Gasteiger partial charge in [-0.3, -0.25) is 0 Å². The Morgan fingerprint density at radius 2 is 1.96 bits per heavy atom. The Hall–Kier alpha value is -3.26. The molecule has 120 valence electrons. The van der Waals surface area contributed by atoms with Gasteiger partial charge in [-0.25, -0.2) is 4.79 Å². The SMILES string of the molecule is CCOC(=O)c1ccccc1NCc1c(C#N)oc2ccccc12. The van der Waals surface area contributed by atoms with Gasteiger partial charge in [0.15, 0.2) is 0 Å². The van der Waals surface area contributed by atoms with Gasteiger partial charge in [-0.15, -0.1) is 0 Å². The van der Waals surface area contributed by atoms with Crippen molar-refractivity contribution >= 4 is 22.6 Å². The zero-order valence-corrected chi connectivity index (χ0v) is 13.2. The number of nitrogens with one attached hydrogen (secondary N) is 1. The molecule has 0 aliphatic heterocycles. The van der Waals surface area contributed by atoms with Gasteiger partial charge in [0.25, 0.3) is 0 Å². The first kappa shape index (κ1) is 15.6. The maximum atomic E-state index is 12.0. The maximum Gasteiger partial charge on any atom is 0.340 e. The quantitative estimate of drug-likeness (QED) is 0.716. The minimum Gasteiger partial charge on any atom is -0.462 e. The highest BCUT2D eigenvalue weighted by atomic mass is 16.5. The molecule has 3 rings (SSSR count). The van der Waals surface area contributed by atoms with Crippen LogP contribution in [0.15, 0.2) is 52.9 Å². The predicted octanol–water partition coefficient (Wildman–Crippen LogP) is 4.09. The number of carbonyl (C=O) groups excluding carboxylic acids is 1. The lowest BCUT2D eigenvalue weighted by molar-refractivity contribution is 0.0527. The summed E-state index contributed by atoms with van der Waals surface area (Å²) in [4.78, 5) is 12.0. The topological polar surface area (TPSA) is 75.3 Å². The van der Waals surface area contributed by atoms with Gasteiger partial charge in [0.05, 0.1) is 12.2 Å². The summed E-state index contributed by atoms with van der Waals surface area (Å²) in [5.41, 5.74) is 2.56. The van der Waals surface area contributed by atoms with E-state index >= 15 is 0 Å². The van der Waals surface area contributed by atoms with Gasteiger partial charge < -0.3 is 14.5 Å². The highest BCUT2D eigenvalue weighted by Crippen LogP contribution is 2.27. The van der Waals surface area contributed by atoms with Crippen LogP contribution >= 0.6 is 0 Å². The van der Waals surface area contributed by atoms with E-state index in [2.05, 4.69) is 11.4 Å². The molecular weight excluding hydrogens is 304 g/mol. The van der Waals surface area contributed by atoms with Gasteiger partial charge in [0.1, 0.15) is 11.7 Å². The highest BCUT2D eigenvalue weighted by molar-refractivity contribution is 5.95. The van der Waals surface area contributed by atoms with Crippen molar-refractivity contribution in [2.75, 3.05) is 11.9 Å². The van der Waals surface area contributed by atoms with Crippen molar-refractivity contribution in [1.29, 1.82) is 5.26 Å². The molecule has 1 aromatic heterocycles. The molecule has 0 bridgehead atoms. The summed E-state index contributed by atoms with van der Waals surface area (Å²) in [7, 11) is 0. The van der Waals surface area contributed by atoms with E-state index in [0.29, 0.717) is 30.0 Å². The molecule has 2 aromatic carbocycles. The van der Waals surface area contributed by atoms with Gasteiger partial charge >= 0.3 is 5.97 Å². The van der Waals surface area contributed by atoms with Crippen molar-refractivity contribution in [2.24, 2.45) is 0 Å². The molecule has 0 aliphatic carbocycles. The Morgan fingerprint density at radius 1 is 1.21 bits per heavy atom. The molecule has 0 saturated carbocycles. The average molecular weight is 320 g/mol. The van der Waals surface area contributed by atoms with Crippen LogP contribution in [0, 0.1) is 11.3 Å². The normalized spacial score (nSPS) is 10.3. The van der Waals surface area contributed by atoms with E-state index in [9.17, 15) is 10.1 Å². The lowest BCUT2D eigenvalue weighted by Crippen LogP contribution is -2.10. The first-order valence-corrected chi connectivity index (χ1v) is 7.65. The van der Waals surface area contributed by atoms with Crippen molar-refractivity contribution in [3.63, 3.8) is 0 Å². The summed E-state index contributed by atoms with van der Waals surface area (Å²) in [6.45, 7) is 2.46. The van der Waals surface area contributed by atoms with Gasteiger partial charge in [-0.05, 0) is 25.1 Å². The van der Waals surface area contributed by atoms with Crippen LogP contribution in [0.4, 0.5) is 5.69 Å². The number of esters is 1. The van der Waals surface area contributed by atoms with Crippen LogP contribution in [0.3, 0.4) is 0 Å². The average Bonchev–Trinajstić information content (AvgIpc) is 2.98. The maximum absolute atomic E-state index is 12.0. The first-order chi connectivity index (χ1) is 11.7. The second-order valence-electron chi connectivity index (χ2n) is 5.14. The summed E-state index contributed by atoms with van der Waals surface area (Å²) in [6.07, 6.45) is 0. The van der Waals surface area contributed by atoms with E-state index in [1.807, 2.05) is 30.3 Å². The van der Waals surface area contributed by atoms with Crippen molar-refractivity contribution in [3.05, 3.63) is 65.4 Å². The van der Waals surface area contributed by atoms with Crippen LogP contribution in [-0.2, 0) is 11.3 Å². The van der Waals surface area contributed by atoms with Crippen LogP contribution < -0.4 is 5.32 Å². The second-order valence-corrected chi connectivity index (χ2v) is 5.14. The number of anilines is 1. The molecule has 0 amide bonds. The van der Waals surface area contributed by atoms with E-state index in [1.165, 1.54) is 0 Å². The number of hydrogen-bond donors (Lipinski definition) is 1. The van der Waals surface area contributed by atoms with Crippen LogP contribution in [0.5, 0.6) is 0 Å². The predicted molar refractivity (Wildman–Crippen MR) is 90.7 cm³/mol. The standard InChI is InChI=1S/C19H16N2O3/c1-2-23-19(22)14-8-3-5-9-16(14)21-12-15-13-7-4-6-10-17(13)24-18(15)11-20/h3-10,21H,2,12H2,1H3. The molecule has 0 unspecified atom stereocenters. The molecule has 24 heavy (non-hydrogen) atoms. The fourth-order valence-electron chi connectivity index (χ4n) is 2.57. The van der Waals surface area contributed by atoms with Crippen molar-refractivity contribution in [1.82, 2.24) is 0 Å². The van der Waals surface area contributed by atoms with Crippen LogP contribution in [0.1, 0.15) is 28.6 Å². The minimum atomic E-state index is -0.377. The van der Waals surface area contributed by atoms with E-state index in [1.54, 1.807) is 25.1 Å². The smallest absolute Gasteiger partial charge is 0.340 e. The van der Waals surface area contributed by atoms with E-state index in [0.717, 1.165) is 10.9 Å². The molecule has 1 heterocycles. The number of nitriles is 1. The van der Waals surface area contributed by atoms with E-state index < -0.39 is 0 Å². The Morgan fingerprint density at radius 3 is 2.75 bits per heavy atom. The van der Waals surface area contributed by atoms with Gasteiger partial charge in [0.2, 0.25) is 5.76 Å². The number of hydrogen-bond acceptors (Lipinski definition) is 5. The summed E-state index contributed by atoms with van der Waals surface area (Å²) >= 11 is 0. The largest absolute Gasteiger partial charge is 0.462 e. The highest BCUT2D eigenvalue weighted by Gasteiger charge is 2.15. The molecule has 0 atom stereocenters. The molecule has 0 saturated heterocycles. The molecule has 0 spiro atoms. The molecule has 5 heteroatoms. The molecular formula is C19H16N2O3. The number of para-hydroxylation sites is 2. The molecule has 5 nitrogen and oxygen atoms in total. The van der Waals surface area contributed by atoms with Gasteiger partial charge in [-0.2, -0.15) is 5.26 Å². The van der Waals surface area contributed by atoms with Crippen molar-refractivity contribution in [3.8, 4) is 6.07 Å². The van der Waals surface area contributed by atoms with E-state index in [-0.39, 0.29) is 11.7 Å². The Labute approximate surface area is 139 Å². The molecule has 0 radical (unpaired) electrons. The van der Waals surface area contributed by atoms with Crippen molar-refractivity contribution < 1.29 is 13.9 Å². The van der Waals surface area contributed by atoms with Gasteiger partial charge in [0, 0.05) is 23.2 Å². The van der Waals surface area contributed by atoms with Crippen molar-refractivity contribution in [2.45, 2.75) is 13.5 Å². The summed E-state index contributed by atoms with van der Waals surface area (Å²) in [6, 6.07) is 16.7. The number of furan rings is 1. The Bertz CT molecular complexity index is 922. The van der Waals surface area contributed by atoms with Crippen LogP contribution in [-0.4, -0.2) is 12.6 Å². The summed E-state index contributed by atoms with van der Waals surface area (Å²) < 4.78 is 10.6. The molecule has 3 aromatic rings. The zero-order valence-electron chi connectivity index (χ0n) is 13.2. The fraction of sp³-hybridized carbons (Fsp3) is 0.158. The third kappa shape index (κ3) is 2.95. The van der Waals surface area contributed by atoms with Crippen LogP contribution in [0.2, 0.25) is 0 Å². The molecule has 0 fully saturated rings. The molecule has 0 aliphatic rings. The van der Waals surface area contributed by atoms with E-state index in [4.69, 9.17) is 9.15 Å². The fourth-order valence-corrected chi connectivity index (χ4v) is 2.57. The monoisotopic (exact) mass is 320 g/mol. The zero-order chi connectivity index (χ0) is 16.9. The third-order valence-electron chi connectivity index (χ3n) is 3.68. The molecule has 1 N–H and O–H groups in total.